The molecule has 0 bridgehead atoms. The third-order valence-electron chi connectivity index (χ3n) is 4.91. The summed E-state index contributed by atoms with van der Waals surface area (Å²) in [5, 5.41) is 9.13. The normalized spacial score (nSPS) is 20.7. The second-order valence-corrected chi connectivity index (χ2v) is 8.35. The van der Waals surface area contributed by atoms with Gasteiger partial charge in [0.05, 0.1) is 4.90 Å². The molecule has 1 aliphatic carbocycles. The summed E-state index contributed by atoms with van der Waals surface area (Å²) in [6.45, 7) is -0.547. The predicted molar refractivity (Wildman–Crippen MR) is 100 cm³/mol. The maximum absolute atomic E-state index is 12.7. The van der Waals surface area contributed by atoms with Crippen LogP contribution >= 0.6 is 0 Å². The molecule has 1 aliphatic rings. The molecule has 2 N–H and O–H groups in total. The van der Waals surface area contributed by atoms with Crippen LogP contribution in [0.5, 0.6) is 0 Å². The number of hydrogen-bond donors (Lipinski definition) is 2. The number of carbonyl (C=O) groups excluding carboxylic acids is 1. The Morgan fingerprint density at radius 3 is 2.23 bits per heavy atom. The topological polar surface area (TPSA) is 83.5 Å². The van der Waals surface area contributed by atoms with Gasteiger partial charge >= 0.3 is 0 Å². The van der Waals surface area contributed by atoms with Crippen molar-refractivity contribution < 1.29 is 18.3 Å². The first-order valence-corrected chi connectivity index (χ1v) is 10.3. The molecule has 0 amide bonds. The van der Waals surface area contributed by atoms with Crippen molar-refractivity contribution >= 4 is 15.8 Å². The average Bonchev–Trinajstić information content (AvgIpc) is 2.68. The van der Waals surface area contributed by atoms with Crippen LogP contribution in [0.4, 0.5) is 0 Å². The van der Waals surface area contributed by atoms with Gasteiger partial charge < -0.3 is 5.11 Å². The van der Waals surface area contributed by atoms with E-state index in [1.165, 1.54) is 0 Å². The second kappa shape index (κ2) is 8.12. The summed E-state index contributed by atoms with van der Waals surface area (Å²) >= 11 is 0. The van der Waals surface area contributed by atoms with Crippen LogP contribution in [0.3, 0.4) is 0 Å². The Morgan fingerprint density at radius 2 is 1.58 bits per heavy atom. The third-order valence-corrected chi connectivity index (χ3v) is 6.42. The summed E-state index contributed by atoms with van der Waals surface area (Å²) in [6, 6.07) is 16.0. The zero-order chi connectivity index (χ0) is 18.6. The molecule has 0 radical (unpaired) electrons. The highest BCUT2D eigenvalue weighted by molar-refractivity contribution is 7.89. The molecule has 5 nitrogen and oxygen atoms in total. The first-order chi connectivity index (χ1) is 12.5. The van der Waals surface area contributed by atoms with Gasteiger partial charge in [0.15, 0.2) is 5.78 Å². The zero-order valence-corrected chi connectivity index (χ0v) is 15.3. The van der Waals surface area contributed by atoms with Gasteiger partial charge in [-0.15, -0.1) is 0 Å². The van der Waals surface area contributed by atoms with Crippen molar-refractivity contribution in [3.05, 3.63) is 54.6 Å². The van der Waals surface area contributed by atoms with Crippen LogP contribution < -0.4 is 4.72 Å². The van der Waals surface area contributed by atoms with Gasteiger partial charge in [0, 0.05) is 12.0 Å². The number of aliphatic hydroxyl groups excluding tert-OH is 1. The molecule has 2 aromatic rings. The van der Waals surface area contributed by atoms with Crippen molar-refractivity contribution in [2.75, 3.05) is 6.61 Å². The van der Waals surface area contributed by atoms with Crippen LogP contribution in [0.25, 0.3) is 11.1 Å². The van der Waals surface area contributed by atoms with Gasteiger partial charge in [-0.05, 0) is 36.1 Å². The van der Waals surface area contributed by atoms with E-state index in [0.29, 0.717) is 12.8 Å². The number of nitrogens with one attached hydrogen (secondary N) is 1. The van der Waals surface area contributed by atoms with E-state index in [-0.39, 0.29) is 10.7 Å². The quantitative estimate of drug-likeness (QED) is 0.816. The number of aliphatic hydroxyl groups is 1. The number of rotatable bonds is 6. The lowest BCUT2D eigenvalue weighted by atomic mass is 9.82. The lowest BCUT2D eigenvalue weighted by molar-refractivity contribution is -0.127. The van der Waals surface area contributed by atoms with Gasteiger partial charge in [-0.1, -0.05) is 55.3 Å². The number of Topliss-reactive ketones (excluding diaryl/α,β-unsaturated/α-hetero) is 1. The molecule has 6 heteroatoms. The Morgan fingerprint density at radius 1 is 0.962 bits per heavy atom. The second-order valence-electron chi connectivity index (χ2n) is 6.63. The predicted octanol–water partition coefficient (Wildman–Crippen LogP) is 2.75. The fourth-order valence-electron chi connectivity index (χ4n) is 3.50. The van der Waals surface area contributed by atoms with Gasteiger partial charge in [0.25, 0.3) is 0 Å². The molecule has 1 saturated carbocycles. The van der Waals surface area contributed by atoms with Gasteiger partial charge in [-0.3, -0.25) is 4.79 Å². The molecule has 0 heterocycles. The minimum absolute atomic E-state index is 0.179. The number of sulfonamides is 1. The van der Waals surface area contributed by atoms with Gasteiger partial charge in [-0.25, -0.2) is 13.1 Å². The number of hydrogen-bond acceptors (Lipinski definition) is 4. The van der Waals surface area contributed by atoms with E-state index in [1.54, 1.807) is 24.3 Å². The zero-order valence-electron chi connectivity index (χ0n) is 14.5. The van der Waals surface area contributed by atoms with E-state index in [0.717, 1.165) is 24.0 Å². The first kappa shape index (κ1) is 18.8. The smallest absolute Gasteiger partial charge is 0.240 e. The summed E-state index contributed by atoms with van der Waals surface area (Å²) in [6.07, 6.45) is 2.97. The minimum atomic E-state index is -3.72. The summed E-state index contributed by atoms with van der Waals surface area (Å²) in [5.41, 5.74) is 1.96. The fraction of sp³-hybridized carbons (Fsp3) is 0.350. The SMILES string of the molecule is O=C(CO)[C@@H]1CCCC[C@@H]1NS(=O)(=O)c1ccc(-c2ccccc2)cc1. The Balaban J connectivity index is 1.78. The van der Waals surface area contributed by atoms with E-state index < -0.39 is 28.6 Å². The molecule has 2 atom stereocenters. The molecule has 0 aromatic heterocycles. The lowest BCUT2D eigenvalue weighted by Gasteiger charge is -2.30. The van der Waals surface area contributed by atoms with Crippen LogP contribution in [0.15, 0.2) is 59.5 Å². The van der Waals surface area contributed by atoms with Crippen molar-refractivity contribution in [3.63, 3.8) is 0 Å². The average molecular weight is 373 g/mol. The maximum atomic E-state index is 12.7. The van der Waals surface area contributed by atoms with Gasteiger partial charge in [0.2, 0.25) is 10.0 Å². The third kappa shape index (κ3) is 4.20. The standard InChI is InChI=1S/C20H23NO4S/c22-14-20(23)18-8-4-5-9-19(18)21-26(24,25)17-12-10-16(11-13-17)15-6-2-1-3-7-15/h1-3,6-7,10-13,18-19,21-22H,4-5,8-9,14H2/t18-,19+/m1/s1. The van der Waals surface area contributed by atoms with Gasteiger partial charge in [-0.2, -0.15) is 0 Å². The summed E-state index contributed by atoms with van der Waals surface area (Å²) < 4.78 is 28.1. The molecule has 3 rings (SSSR count). The fourth-order valence-corrected chi connectivity index (χ4v) is 4.81. The summed E-state index contributed by atoms with van der Waals surface area (Å²) in [7, 11) is -3.72. The molecule has 0 spiro atoms. The van der Waals surface area contributed by atoms with E-state index in [1.807, 2.05) is 30.3 Å². The molecule has 0 aliphatic heterocycles. The van der Waals surface area contributed by atoms with Crippen molar-refractivity contribution in [1.29, 1.82) is 0 Å². The van der Waals surface area contributed by atoms with Crippen molar-refractivity contribution in [3.8, 4) is 11.1 Å². The molecule has 1 fully saturated rings. The highest BCUT2D eigenvalue weighted by Gasteiger charge is 2.33. The highest BCUT2D eigenvalue weighted by Crippen LogP contribution is 2.27. The van der Waals surface area contributed by atoms with E-state index in [9.17, 15) is 13.2 Å². The molecule has 26 heavy (non-hydrogen) atoms. The van der Waals surface area contributed by atoms with Crippen molar-refractivity contribution in [1.82, 2.24) is 4.72 Å². The maximum Gasteiger partial charge on any atom is 0.240 e. The van der Waals surface area contributed by atoms with Crippen molar-refractivity contribution in [2.24, 2.45) is 5.92 Å². The van der Waals surface area contributed by atoms with Gasteiger partial charge in [0.1, 0.15) is 6.61 Å². The monoisotopic (exact) mass is 373 g/mol. The van der Waals surface area contributed by atoms with E-state index in [4.69, 9.17) is 5.11 Å². The summed E-state index contributed by atoms with van der Waals surface area (Å²) in [5.74, 6) is -0.746. The van der Waals surface area contributed by atoms with Crippen molar-refractivity contribution in [2.45, 2.75) is 36.6 Å². The molecule has 0 saturated heterocycles. The minimum Gasteiger partial charge on any atom is -0.389 e. The van der Waals surface area contributed by atoms with Crippen LogP contribution in [-0.2, 0) is 14.8 Å². The van der Waals surface area contributed by atoms with Crippen LogP contribution in [0, 0.1) is 5.92 Å². The molecular formula is C20H23NO4S. The van der Waals surface area contributed by atoms with Crippen LogP contribution in [0.1, 0.15) is 25.7 Å². The largest absolute Gasteiger partial charge is 0.389 e. The highest BCUT2D eigenvalue weighted by atomic mass is 32.2. The summed E-state index contributed by atoms with van der Waals surface area (Å²) in [4.78, 5) is 12.1. The van der Waals surface area contributed by atoms with Crippen LogP contribution in [0.2, 0.25) is 0 Å². The lowest BCUT2D eigenvalue weighted by Crippen LogP contribution is -2.45. The Kier molecular flexibility index (Phi) is 5.86. The molecule has 2 aromatic carbocycles. The number of carbonyl (C=O) groups is 1. The van der Waals surface area contributed by atoms with E-state index >= 15 is 0 Å². The molecular weight excluding hydrogens is 350 g/mol. The molecule has 138 valence electrons. The first-order valence-electron chi connectivity index (χ1n) is 8.82. The Bertz CT molecular complexity index is 847. The van der Waals surface area contributed by atoms with Crippen LogP contribution in [-0.4, -0.2) is 32.0 Å². The molecule has 0 unspecified atom stereocenters. The van der Waals surface area contributed by atoms with E-state index in [2.05, 4.69) is 4.72 Å². The Hall–Kier alpha value is -2.02. The number of benzene rings is 2. The number of ketones is 1. The Labute approximate surface area is 154 Å².